The van der Waals surface area contributed by atoms with Crippen LogP contribution in [-0.4, -0.2) is 61.1 Å². The fourth-order valence-electron chi connectivity index (χ4n) is 3.84. The molecule has 4 rings (SSSR count). The van der Waals surface area contributed by atoms with Gasteiger partial charge in [0.25, 0.3) is 0 Å². The Kier molecular flexibility index (Phi) is 5.40. The fraction of sp³-hybridized carbons (Fsp3) is 0.500. The van der Waals surface area contributed by atoms with Crippen LogP contribution in [0.15, 0.2) is 30.2 Å². The molecule has 0 aromatic carbocycles. The van der Waals surface area contributed by atoms with Gasteiger partial charge in [-0.3, -0.25) is 9.78 Å². The molecule has 2 fully saturated rings. The van der Waals surface area contributed by atoms with E-state index < -0.39 is 12.1 Å². The lowest BCUT2D eigenvalue weighted by molar-refractivity contribution is -0.121. The number of hydrogen-bond acceptors (Lipinski definition) is 9. The van der Waals surface area contributed by atoms with Crippen molar-refractivity contribution in [3.63, 3.8) is 0 Å². The lowest BCUT2D eigenvalue weighted by Crippen LogP contribution is -2.51. The van der Waals surface area contributed by atoms with E-state index in [-0.39, 0.29) is 12.1 Å². The van der Waals surface area contributed by atoms with Crippen LogP contribution >= 0.6 is 0 Å². The first-order valence-electron chi connectivity index (χ1n) is 9.34. The van der Waals surface area contributed by atoms with E-state index in [9.17, 15) is 4.79 Å². The van der Waals surface area contributed by atoms with Gasteiger partial charge in [-0.15, -0.1) is 0 Å². The van der Waals surface area contributed by atoms with Crippen molar-refractivity contribution < 1.29 is 9.53 Å². The van der Waals surface area contributed by atoms with Crippen molar-refractivity contribution in [1.82, 2.24) is 20.7 Å². The van der Waals surface area contributed by atoms with Gasteiger partial charge in [-0.05, 0) is 17.8 Å². The number of anilines is 2. The van der Waals surface area contributed by atoms with E-state index in [1.807, 2.05) is 17.3 Å². The number of pyridine rings is 1. The van der Waals surface area contributed by atoms with Crippen molar-refractivity contribution in [3.05, 3.63) is 30.2 Å². The van der Waals surface area contributed by atoms with Crippen molar-refractivity contribution in [1.29, 1.82) is 5.26 Å². The van der Waals surface area contributed by atoms with Crippen LogP contribution in [0.3, 0.4) is 0 Å². The monoisotopic (exact) mass is 384 g/mol. The van der Waals surface area contributed by atoms with Gasteiger partial charge < -0.3 is 26.0 Å². The zero-order valence-electron chi connectivity index (χ0n) is 15.5. The number of fused-ring (bicyclic) bond motifs is 1. The smallest absolute Gasteiger partial charge is 0.234 e. The molecule has 1 aromatic rings. The summed E-state index contributed by atoms with van der Waals surface area (Å²) in [5.41, 5.74) is 11.9. The van der Waals surface area contributed by atoms with Gasteiger partial charge in [0.2, 0.25) is 5.91 Å². The Hall–Kier alpha value is -2.71. The molecule has 1 aromatic heterocycles. The number of nitriles is 1. The van der Waals surface area contributed by atoms with E-state index in [0.29, 0.717) is 31.9 Å². The molecule has 5 N–H and O–H groups in total. The SMILES string of the molecule is N#CCC1=CNC2C(C(=O)Nc3cnccc3N3CCOCC3)C(N)NN2C1. The molecular formula is C18H24N8O2. The molecule has 3 aliphatic heterocycles. The standard InChI is InChI=1S/C18H24N8O2/c19-3-1-12-9-22-17-15(16(20)24-26(17)11-12)18(27)23-13-10-21-4-2-14(13)25-5-7-28-8-6-25/h2,4,9-10,15-17,22,24H,1,5-8,11,20H2,(H,23,27). The number of nitrogens with one attached hydrogen (secondary N) is 3. The van der Waals surface area contributed by atoms with Gasteiger partial charge in [0.15, 0.2) is 0 Å². The van der Waals surface area contributed by atoms with Gasteiger partial charge in [-0.2, -0.15) is 5.26 Å². The maximum absolute atomic E-state index is 13.1. The predicted octanol–water partition coefficient (Wildman–Crippen LogP) is -0.695. The maximum atomic E-state index is 13.1. The third-order valence-electron chi connectivity index (χ3n) is 5.23. The molecule has 3 atom stereocenters. The molecule has 0 radical (unpaired) electrons. The summed E-state index contributed by atoms with van der Waals surface area (Å²) in [5.74, 6) is -0.683. The average molecular weight is 384 g/mol. The highest BCUT2D eigenvalue weighted by molar-refractivity contribution is 5.96. The van der Waals surface area contributed by atoms with Gasteiger partial charge in [0.1, 0.15) is 12.1 Å². The van der Waals surface area contributed by atoms with E-state index >= 15 is 0 Å². The lowest BCUT2D eigenvalue weighted by Gasteiger charge is -2.32. The van der Waals surface area contributed by atoms with Crippen LogP contribution in [0.1, 0.15) is 6.42 Å². The van der Waals surface area contributed by atoms with Crippen molar-refractivity contribution in [2.24, 2.45) is 11.7 Å². The van der Waals surface area contributed by atoms with Crippen molar-refractivity contribution in [2.75, 3.05) is 43.1 Å². The zero-order valence-corrected chi connectivity index (χ0v) is 15.5. The minimum Gasteiger partial charge on any atom is -0.378 e. The number of morpholine rings is 1. The summed E-state index contributed by atoms with van der Waals surface area (Å²) in [5, 5.41) is 17.0. The van der Waals surface area contributed by atoms with Crippen LogP contribution in [0.2, 0.25) is 0 Å². The molecule has 0 bridgehead atoms. The number of ether oxygens (including phenoxy) is 1. The van der Waals surface area contributed by atoms with Gasteiger partial charge in [0.05, 0.1) is 49.4 Å². The zero-order chi connectivity index (χ0) is 19.5. The first-order chi connectivity index (χ1) is 13.7. The van der Waals surface area contributed by atoms with Crippen LogP contribution in [0, 0.1) is 17.2 Å². The summed E-state index contributed by atoms with van der Waals surface area (Å²) in [4.78, 5) is 19.4. The Morgan fingerprint density at radius 2 is 2.29 bits per heavy atom. The second kappa shape index (κ2) is 8.12. The van der Waals surface area contributed by atoms with Crippen LogP contribution in [0.4, 0.5) is 11.4 Å². The molecule has 0 aliphatic carbocycles. The highest BCUT2D eigenvalue weighted by atomic mass is 16.5. The number of carbonyl (C=O) groups is 1. The highest BCUT2D eigenvalue weighted by Gasteiger charge is 2.45. The second-order valence-corrected chi connectivity index (χ2v) is 7.04. The number of carbonyl (C=O) groups excluding carboxylic acids is 1. The molecule has 148 valence electrons. The summed E-state index contributed by atoms with van der Waals surface area (Å²) in [7, 11) is 0. The minimum atomic E-state index is -0.532. The van der Waals surface area contributed by atoms with Crippen molar-refractivity contribution >= 4 is 17.3 Å². The normalized spacial score (nSPS) is 27.4. The Bertz CT molecular complexity index is 801. The second-order valence-electron chi connectivity index (χ2n) is 7.04. The summed E-state index contributed by atoms with van der Waals surface area (Å²) >= 11 is 0. The fourth-order valence-corrected chi connectivity index (χ4v) is 3.84. The largest absolute Gasteiger partial charge is 0.378 e. The molecule has 10 nitrogen and oxygen atoms in total. The Morgan fingerprint density at radius 3 is 3.07 bits per heavy atom. The van der Waals surface area contributed by atoms with E-state index in [0.717, 1.165) is 24.4 Å². The molecule has 0 saturated carbocycles. The molecule has 1 amide bonds. The van der Waals surface area contributed by atoms with Crippen LogP contribution in [0.25, 0.3) is 0 Å². The number of nitrogens with two attached hydrogens (primary N) is 1. The van der Waals surface area contributed by atoms with Gasteiger partial charge in [-0.25, -0.2) is 10.4 Å². The maximum Gasteiger partial charge on any atom is 0.234 e. The van der Waals surface area contributed by atoms with E-state index in [1.165, 1.54) is 0 Å². The third-order valence-corrected chi connectivity index (χ3v) is 5.23. The molecule has 10 heteroatoms. The third kappa shape index (κ3) is 3.65. The number of hydrogen-bond donors (Lipinski definition) is 4. The lowest BCUT2D eigenvalue weighted by atomic mass is 10.0. The summed E-state index contributed by atoms with van der Waals surface area (Å²) in [6.07, 6.45) is 4.72. The number of amides is 1. The van der Waals surface area contributed by atoms with E-state index in [1.54, 1.807) is 12.4 Å². The molecule has 0 spiro atoms. The summed E-state index contributed by atoms with van der Waals surface area (Å²) in [6.45, 7) is 3.40. The Morgan fingerprint density at radius 1 is 1.46 bits per heavy atom. The molecular weight excluding hydrogens is 360 g/mol. The molecule has 3 unspecified atom stereocenters. The topological polar surface area (TPSA) is 132 Å². The van der Waals surface area contributed by atoms with E-state index in [4.69, 9.17) is 15.7 Å². The Labute approximate surface area is 163 Å². The minimum absolute atomic E-state index is 0.181. The first kappa shape index (κ1) is 18.6. The van der Waals surface area contributed by atoms with E-state index in [2.05, 4.69) is 32.0 Å². The molecule has 3 aliphatic rings. The number of rotatable bonds is 4. The van der Waals surface area contributed by atoms with Gasteiger partial charge in [0, 0.05) is 25.8 Å². The van der Waals surface area contributed by atoms with Gasteiger partial charge in [-0.1, -0.05) is 0 Å². The molecule has 2 saturated heterocycles. The summed E-state index contributed by atoms with van der Waals surface area (Å²) in [6, 6.07) is 4.04. The number of nitrogens with zero attached hydrogens (tertiary/aromatic N) is 4. The van der Waals surface area contributed by atoms with Crippen LogP contribution in [0.5, 0.6) is 0 Å². The average Bonchev–Trinajstić information content (AvgIpc) is 3.04. The van der Waals surface area contributed by atoms with Crippen molar-refractivity contribution in [2.45, 2.75) is 18.8 Å². The van der Waals surface area contributed by atoms with Gasteiger partial charge >= 0.3 is 0 Å². The van der Waals surface area contributed by atoms with Crippen LogP contribution in [-0.2, 0) is 9.53 Å². The quantitative estimate of drug-likeness (QED) is 0.532. The number of aromatic nitrogens is 1. The number of hydrazine groups is 1. The molecule has 28 heavy (non-hydrogen) atoms. The Balaban J connectivity index is 1.49. The molecule has 4 heterocycles. The highest BCUT2D eigenvalue weighted by Crippen LogP contribution is 2.28. The predicted molar refractivity (Wildman–Crippen MR) is 102 cm³/mol. The van der Waals surface area contributed by atoms with Crippen molar-refractivity contribution in [3.8, 4) is 6.07 Å². The first-order valence-corrected chi connectivity index (χ1v) is 9.34. The summed E-state index contributed by atoms with van der Waals surface area (Å²) < 4.78 is 5.41. The van der Waals surface area contributed by atoms with Crippen LogP contribution < -0.4 is 26.7 Å².